The Bertz CT molecular complexity index is 404. The lowest BCUT2D eigenvalue weighted by molar-refractivity contribution is -0.00284. The maximum absolute atomic E-state index is 12.0. The van der Waals surface area contributed by atoms with Crippen molar-refractivity contribution < 1.29 is 14.6 Å². The Kier molecular flexibility index (Phi) is 3.84. The maximum atomic E-state index is 12.0. The van der Waals surface area contributed by atoms with Crippen LogP contribution in [0.25, 0.3) is 0 Å². The predicted octanol–water partition coefficient (Wildman–Crippen LogP) is 2.04. The summed E-state index contributed by atoms with van der Waals surface area (Å²) in [4.78, 5) is 12.5. The highest BCUT2D eigenvalue weighted by Gasteiger charge is 2.36. The van der Waals surface area contributed by atoms with Gasteiger partial charge in [-0.3, -0.25) is 4.79 Å². The molecule has 0 fully saturated rings. The molecule has 0 bridgehead atoms. The van der Waals surface area contributed by atoms with E-state index in [-0.39, 0.29) is 5.91 Å². The molecule has 0 aliphatic rings. The van der Waals surface area contributed by atoms with Gasteiger partial charge in [0.2, 0.25) is 0 Å². The molecular weight excluding hydrogens is 238 g/mol. The number of carbonyl (C=O) groups excluding carboxylic acids is 1. The highest BCUT2D eigenvalue weighted by molar-refractivity contribution is 7.12. The van der Waals surface area contributed by atoms with Crippen LogP contribution in [0, 0.1) is 0 Å². The lowest BCUT2D eigenvalue weighted by Gasteiger charge is -2.37. The average molecular weight is 257 g/mol. The summed E-state index contributed by atoms with van der Waals surface area (Å²) in [5, 5.41) is 14.5. The van der Waals surface area contributed by atoms with E-state index in [2.05, 4.69) is 5.32 Å². The number of hydrogen-bond acceptors (Lipinski definition) is 4. The Hall–Kier alpha value is -1.07. The largest absolute Gasteiger partial charge is 0.496 e. The van der Waals surface area contributed by atoms with Crippen molar-refractivity contribution in [2.75, 3.05) is 7.11 Å². The monoisotopic (exact) mass is 257 g/mol. The van der Waals surface area contributed by atoms with Crippen LogP contribution in [0.4, 0.5) is 0 Å². The van der Waals surface area contributed by atoms with Crippen LogP contribution in [0.2, 0.25) is 0 Å². The number of amides is 1. The summed E-state index contributed by atoms with van der Waals surface area (Å²) in [5.74, 6) is 0.464. The Morgan fingerprint density at radius 1 is 1.41 bits per heavy atom. The molecule has 5 heteroatoms. The Morgan fingerprint density at radius 2 is 2.00 bits per heavy atom. The first-order chi connectivity index (χ1) is 7.67. The van der Waals surface area contributed by atoms with Gasteiger partial charge in [0.25, 0.3) is 5.91 Å². The summed E-state index contributed by atoms with van der Waals surface area (Å²) >= 11 is 1.31. The maximum Gasteiger partial charge on any atom is 0.261 e. The van der Waals surface area contributed by atoms with Crippen molar-refractivity contribution in [3.05, 3.63) is 16.3 Å². The fourth-order valence-corrected chi connectivity index (χ4v) is 1.79. The normalized spacial score (nSPS) is 12.4. The molecule has 0 atom stereocenters. The van der Waals surface area contributed by atoms with Crippen LogP contribution in [0.5, 0.6) is 5.75 Å². The van der Waals surface area contributed by atoms with E-state index in [0.717, 1.165) is 0 Å². The van der Waals surface area contributed by atoms with Crippen molar-refractivity contribution in [2.24, 2.45) is 0 Å². The van der Waals surface area contributed by atoms with E-state index in [4.69, 9.17) is 4.74 Å². The standard InChI is InChI=1S/C12H19NO3S/c1-11(2,12(3,4)15)13-10(14)9-6-8(16-5)7-17-9/h6-7,15H,1-5H3,(H,13,14). The number of thiophene rings is 1. The van der Waals surface area contributed by atoms with E-state index in [9.17, 15) is 9.90 Å². The first-order valence-corrected chi connectivity index (χ1v) is 6.23. The van der Waals surface area contributed by atoms with E-state index in [1.165, 1.54) is 11.3 Å². The van der Waals surface area contributed by atoms with Crippen LogP contribution in [0.3, 0.4) is 0 Å². The third kappa shape index (κ3) is 3.20. The van der Waals surface area contributed by atoms with Gasteiger partial charge in [-0.15, -0.1) is 11.3 Å². The number of hydrogen-bond donors (Lipinski definition) is 2. The van der Waals surface area contributed by atoms with E-state index >= 15 is 0 Å². The number of ether oxygens (including phenoxy) is 1. The molecule has 1 amide bonds. The molecule has 1 heterocycles. The lowest BCUT2D eigenvalue weighted by Crippen LogP contribution is -2.57. The number of aliphatic hydroxyl groups is 1. The second-order valence-corrected chi connectivity index (χ2v) is 5.90. The third-order valence-corrected chi connectivity index (χ3v) is 3.90. The molecule has 0 aliphatic carbocycles. The van der Waals surface area contributed by atoms with Gasteiger partial charge in [-0.2, -0.15) is 0 Å². The SMILES string of the molecule is COc1csc(C(=O)NC(C)(C)C(C)(C)O)c1. The van der Waals surface area contributed by atoms with Crippen molar-refractivity contribution in [1.29, 1.82) is 0 Å². The topological polar surface area (TPSA) is 58.6 Å². The molecule has 0 saturated carbocycles. The summed E-state index contributed by atoms with van der Waals surface area (Å²) in [7, 11) is 1.56. The molecule has 0 aliphatic heterocycles. The molecule has 2 N–H and O–H groups in total. The molecule has 0 unspecified atom stereocenters. The number of carbonyl (C=O) groups is 1. The molecule has 0 aromatic carbocycles. The zero-order valence-electron chi connectivity index (χ0n) is 10.8. The van der Waals surface area contributed by atoms with E-state index in [1.807, 2.05) is 0 Å². The van der Waals surface area contributed by atoms with Gasteiger partial charge >= 0.3 is 0 Å². The molecule has 0 spiro atoms. The highest BCUT2D eigenvalue weighted by atomic mass is 32.1. The van der Waals surface area contributed by atoms with Gasteiger partial charge in [-0.1, -0.05) is 0 Å². The van der Waals surface area contributed by atoms with Gasteiger partial charge in [0.15, 0.2) is 0 Å². The number of rotatable bonds is 4. The second kappa shape index (κ2) is 4.66. The zero-order chi connectivity index (χ0) is 13.3. The molecule has 1 aromatic rings. The van der Waals surface area contributed by atoms with Gasteiger partial charge < -0.3 is 15.2 Å². The van der Waals surface area contributed by atoms with Crippen LogP contribution >= 0.6 is 11.3 Å². The van der Waals surface area contributed by atoms with Gasteiger partial charge in [-0.05, 0) is 27.7 Å². The molecular formula is C12H19NO3S. The summed E-state index contributed by atoms with van der Waals surface area (Å²) in [6.45, 7) is 6.91. The fourth-order valence-electron chi connectivity index (χ4n) is 1.04. The van der Waals surface area contributed by atoms with E-state index < -0.39 is 11.1 Å². The van der Waals surface area contributed by atoms with Crippen molar-refractivity contribution in [2.45, 2.75) is 38.8 Å². The minimum Gasteiger partial charge on any atom is -0.496 e. The van der Waals surface area contributed by atoms with Crippen LogP contribution in [0.15, 0.2) is 11.4 Å². The zero-order valence-corrected chi connectivity index (χ0v) is 11.6. The quantitative estimate of drug-likeness (QED) is 0.867. The first-order valence-electron chi connectivity index (χ1n) is 5.35. The van der Waals surface area contributed by atoms with Crippen LogP contribution in [-0.4, -0.2) is 29.3 Å². The van der Waals surface area contributed by atoms with Crippen molar-refractivity contribution in [3.63, 3.8) is 0 Å². The Labute approximate surface area is 106 Å². The third-order valence-electron chi connectivity index (χ3n) is 2.99. The average Bonchev–Trinajstić information content (AvgIpc) is 2.63. The minimum atomic E-state index is -0.996. The molecule has 1 aromatic heterocycles. The molecule has 0 radical (unpaired) electrons. The minimum absolute atomic E-state index is 0.203. The van der Waals surface area contributed by atoms with Crippen molar-refractivity contribution in [3.8, 4) is 5.75 Å². The van der Waals surface area contributed by atoms with Crippen LogP contribution < -0.4 is 10.1 Å². The fraction of sp³-hybridized carbons (Fsp3) is 0.583. The number of methoxy groups -OCH3 is 1. The van der Waals surface area contributed by atoms with Crippen molar-refractivity contribution >= 4 is 17.2 Å². The summed E-state index contributed by atoms with van der Waals surface area (Å²) in [5.41, 5.74) is -1.70. The lowest BCUT2D eigenvalue weighted by atomic mass is 9.86. The molecule has 96 valence electrons. The first kappa shape index (κ1) is 14.0. The molecule has 0 saturated heterocycles. The van der Waals surface area contributed by atoms with Crippen LogP contribution in [0.1, 0.15) is 37.4 Å². The van der Waals surface area contributed by atoms with Gasteiger partial charge in [0, 0.05) is 11.4 Å². The van der Waals surface area contributed by atoms with Gasteiger partial charge in [-0.25, -0.2) is 0 Å². The van der Waals surface area contributed by atoms with Crippen molar-refractivity contribution in [1.82, 2.24) is 5.32 Å². The molecule has 17 heavy (non-hydrogen) atoms. The predicted molar refractivity (Wildman–Crippen MR) is 68.7 cm³/mol. The van der Waals surface area contributed by atoms with Gasteiger partial charge in [0.05, 0.1) is 23.1 Å². The highest BCUT2D eigenvalue weighted by Crippen LogP contribution is 2.24. The number of nitrogens with one attached hydrogen (secondary N) is 1. The summed E-state index contributed by atoms with van der Waals surface area (Å²) in [6, 6.07) is 1.68. The second-order valence-electron chi connectivity index (χ2n) is 4.99. The van der Waals surface area contributed by atoms with E-state index in [0.29, 0.717) is 10.6 Å². The van der Waals surface area contributed by atoms with Crippen LogP contribution in [-0.2, 0) is 0 Å². The Balaban J connectivity index is 2.79. The summed E-state index contributed by atoms with van der Waals surface area (Å²) in [6.07, 6.45) is 0. The smallest absolute Gasteiger partial charge is 0.261 e. The summed E-state index contributed by atoms with van der Waals surface area (Å²) < 4.78 is 5.02. The Morgan fingerprint density at radius 3 is 2.41 bits per heavy atom. The molecule has 4 nitrogen and oxygen atoms in total. The molecule has 1 rings (SSSR count). The van der Waals surface area contributed by atoms with E-state index in [1.54, 1.807) is 46.3 Å². The van der Waals surface area contributed by atoms with Gasteiger partial charge in [0.1, 0.15) is 5.75 Å².